The molecule has 0 aliphatic rings. The van der Waals surface area contributed by atoms with E-state index in [1.54, 1.807) is 30.3 Å². The molecule has 0 spiro atoms. The quantitative estimate of drug-likeness (QED) is 0.440. The normalized spacial score (nSPS) is 11.1. The minimum Gasteiger partial charge on any atom is -0.356 e. The molecule has 0 aliphatic carbocycles. The number of rotatable bonds is 5. The van der Waals surface area contributed by atoms with Gasteiger partial charge in [-0.2, -0.15) is 0 Å². The zero-order valence-corrected chi connectivity index (χ0v) is 16.9. The first kappa shape index (κ1) is 19.8. The zero-order chi connectivity index (χ0) is 21.3. The van der Waals surface area contributed by atoms with Crippen molar-refractivity contribution in [3.05, 3.63) is 94.7 Å². The summed E-state index contributed by atoms with van der Waals surface area (Å²) in [5.74, 6) is -0.714. The van der Waals surface area contributed by atoms with Gasteiger partial charge >= 0.3 is 0 Å². The van der Waals surface area contributed by atoms with Crippen LogP contribution >= 0.6 is 0 Å². The first-order valence-corrected chi connectivity index (χ1v) is 9.84. The summed E-state index contributed by atoms with van der Waals surface area (Å²) in [5.41, 5.74) is 5.82. The Labute approximate surface area is 173 Å². The van der Waals surface area contributed by atoms with Gasteiger partial charge in [-0.1, -0.05) is 30.3 Å². The van der Waals surface area contributed by atoms with Crippen LogP contribution in [-0.4, -0.2) is 17.4 Å². The summed E-state index contributed by atoms with van der Waals surface area (Å²) in [4.78, 5) is 15.6. The lowest BCUT2D eigenvalue weighted by Gasteiger charge is -2.08. The van der Waals surface area contributed by atoms with Crippen LogP contribution in [0.25, 0.3) is 22.0 Å². The van der Waals surface area contributed by atoms with Crippen molar-refractivity contribution >= 4 is 16.8 Å². The van der Waals surface area contributed by atoms with Crippen molar-refractivity contribution in [2.24, 2.45) is 0 Å². The van der Waals surface area contributed by atoms with E-state index in [2.05, 4.69) is 10.3 Å². The second-order valence-corrected chi connectivity index (χ2v) is 7.43. The SMILES string of the molecule is Cc1[nH]c2c(F)ccc(C)c2c1CCNC(=O)c1ccc(-c2ccc(F)cc2)cc1. The van der Waals surface area contributed by atoms with E-state index >= 15 is 0 Å². The molecule has 3 aromatic carbocycles. The molecule has 0 unspecified atom stereocenters. The van der Waals surface area contributed by atoms with Crippen LogP contribution in [0.1, 0.15) is 27.2 Å². The van der Waals surface area contributed by atoms with Gasteiger partial charge in [0.25, 0.3) is 5.91 Å². The zero-order valence-electron chi connectivity index (χ0n) is 16.9. The molecule has 0 aliphatic heterocycles. The smallest absolute Gasteiger partial charge is 0.251 e. The first-order chi connectivity index (χ1) is 14.4. The Morgan fingerprint density at radius 3 is 2.20 bits per heavy atom. The molecule has 4 aromatic rings. The molecule has 0 saturated carbocycles. The average molecular weight is 404 g/mol. The van der Waals surface area contributed by atoms with Gasteiger partial charge in [-0.3, -0.25) is 4.79 Å². The molecule has 30 heavy (non-hydrogen) atoms. The Hall–Kier alpha value is -3.47. The van der Waals surface area contributed by atoms with Crippen molar-refractivity contribution in [3.63, 3.8) is 0 Å². The van der Waals surface area contributed by atoms with Crippen LogP contribution < -0.4 is 5.32 Å². The number of hydrogen-bond acceptors (Lipinski definition) is 1. The number of amides is 1. The van der Waals surface area contributed by atoms with Crippen LogP contribution in [0.3, 0.4) is 0 Å². The van der Waals surface area contributed by atoms with Gasteiger partial charge in [0.15, 0.2) is 0 Å². The predicted molar refractivity (Wildman–Crippen MR) is 116 cm³/mol. The maximum atomic E-state index is 14.1. The van der Waals surface area contributed by atoms with Crippen LogP contribution in [-0.2, 0) is 6.42 Å². The molecule has 152 valence electrons. The number of halogens is 2. The van der Waals surface area contributed by atoms with Crippen molar-refractivity contribution in [2.75, 3.05) is 6.54 Å². The van der Waals surface area contributed by atoms with Crippen LogP contribution in [0.15, 0.2) is 60.7 Å². The van der Waals surface area contributed by atoms with Gasteiger partial charge in [-0.15, -0.1) is 0 Å². The molecule has 0 fully saturated rings. The molecule has 1 amide bonds. The lowest BCUT2D eigenvalue weighted by Crippen LogP contribution is -2.25. The van der Waals surface area contributed by atoms with Gasteiger partial charge in [0.2, 0.25) is 0 Å². The highest BCUT2D eigenvalue weighted by Gasteiger charge is 2.14. The Kier molecular flexibility index (Phi) is 5.36. The summed E-state index contributed by atoms with van der Waals surface area (Å²) >= 11 is 0. The van der Waals surface area contributed by atoms with Crippen LogP contribution in [0.4, 0.5) is 8.78 Å². The van der Waals surface area contributed by atoms with E-state index in [-0.39, 0.29) is 17.5 Å². The fraction of sp³-hybridized carbons (Fsp3) is 0.160. The number of benzene rings is 3. The number of carbonyl (C=O) groups is 1. The van der Waals surface area contributed by atoms with E-state index in [0.29, 0.717) is 24.0 Å². The topological polar surface area (TPSA) is 44.9 Å². The predicted octanol–water partition coefficient (Wildman–Crippen LogP) is 5.70. The Morgan fingerprint density at radius 1 is 0.900 bits per heavy atom. The third kappa shape index (κ3) is 3.83. The maximum absolute atomic E-state index is 14.1. The van der Waals surface area contributed by atoms with Crippen LogP contribution in [0.5, 0.6) is 0 Å². The fourth-order valence-corrected chi connectivity index (χ4v) is 3.81. The molecule has 0 atom stereocenters. The highest BCUT2D eigenvalue weighted by atomic mass is 19.1. The molecule has 3 nitrogen and oxygen atoms in total. The minimum atomic E-state index is -0.280. The van der Waals surface area contributed by atoms with Gasteiger partial charge in [0.1, 0.15) is 11.6 Å². The molecule has 0 saturated heterocycles. The second kappa shape index (κ2) is 8.11. The molecule has 4 rings (SSSR count). The summed E-state index contributed by atoms with van der Waals surface area (Å²) in [7, 11) is 0. The largest absolute Gasteiger partial charge is 0.356 e. The average Bonchev–Trinajstić information content (AvgIpc) is 3.09. The van der Waals surface area contributed by atoms with Crippen LogP contribution in [0, 0.1) is 25.5 Å². The van der Waals surface area contributed by atoms with Crippen LogP contribution in [0.2, 0.25) is 0 Å². The molecule has 1 heterocycles. The fourth-order valence-electron chi connectivity index (χ4n) is 3.81. The van der Waals surface area contributed by atoms with E-state index in [0.717, 1.165) is 33.3 Å². The molecule has 1 aromatic heterocycles. The van der Waals surface area contributed by atoms with E-state index in [1.807, 2.05) is 26.0 Å². The second-order valence-electron chi connectivity index (χ2n) is 7.43. The van der Waals surface area contributed by atoms with Crippen molar-refractivity contribution in [2.45, 2.75) is 20.3 Å². The number of hydrogen-bond donors (Lipinski definition) is 2. The molecular formula is C25H22F2N2O. The van der Waals surface area contributed by atoms with Crippen molar-refractivity contribution in [1.29, 1.82) is 0 Å². The van der Waals surface area contributed by atoms with E-state index < -0.39 is 0 Å². The van der Waals surface area contributed by atoms with Gasteiger partial charge in [0, 0.05) is 23.2 Å². The third-order valence-electron chi connectivity index (χ3n) is 5.41. The van der Waals surface area contributed by atoms with Crippen molar-refractivity contribution in [1.82, 2.24) is 10.3 Å². The molecule has 0 radical (unpaired) electrons. The first-order valence-electron chi connectivity index (χ1n) is 9.84. The van der Waals surface area contributed by atoms with Gasteiger partial charge in [0.05, 0.1) is 5.52 Å². The van der Waals surface area contributed by atoms with E-state index in [1.165, 1.54) is 18.2 Å². The minimum absolute atomic E-state index is 0.166. The lowest BCUT2D eigenvalue weighted by molar-refractivity contribution is 0.0954. The third-order valence-corrected chi connectivity index (χ3v) is 5.41. The summed E-state index contributed by atoms with van der Waals surface area (Å²) in [6.45, 7) is 4.33. The number of H-pyrrole nitrogens is 1. The van der Waals surface area contributed by atoms with Gasteiger partial charge in [-0.05, 0) is 72.9 Å². The lowest BCUT2D eigenvalue weighted by atomic mass is 10.0. The standard InChI is InChI=1S/C25H22F2N2O/c1-15-3-12-22(27)24-23(15)21(16(2)29-24)13-14-28-25(30)19-6-4-17(5-7-19)18-8-10-20(26)11-9-18/h3-12,29H,13-14H2,1-2H3,(H,28,30). The number of aromatic nitrogens is 1. The summed E-state index contributed by atoms with van der Waals surface area (Å²) in [5, 5.41) is 3.83. The van der Waals surface area contributed by atoms with E-state index in [9.17, 15) is 13.6 Å². The van der Waals surface area contributed by atoms with Crippen molar-refractivity contribution in [3.8, 4) is 11.1 Å². The van der Waals surface area contributed by atoms with Gasteiger partial charge < -0.3 is 10.3 Å². The molecule has 5 heteroatoms. The highest BCUT2D eigenvalue weighted by Crippen LogP contribution is 2.28. The molecule has 2 N–H and O–H groups in total. The monoisotopic (exact) mass is 404 g/mol. The number of aromatic amines is 1. The highest BCUT2D eigenvalue weighted by molar-refractivity contribution is 5.94. The van der Waals surface area contributed by atoms with Gasteiger partial charge in [-0.25, -0.2) is 8.78 Å². The molecular weight excluding hydrogens is 382 g/mol. The Bertz CT molecular complexity index is 1210. The Balaban J connectivity index is 1.43. The summed E-state index contributed by atoms with van der Waals surface area (Å²) in [6, 6.07) is 16.7. The van der Waals surface area contributed by atoms with Crippen molar-refractivity contribution < 1.29 is 13.6 Å². The Morgan fingerprint density at radius 2 is 1.53 bits per heavy atom. The summed E-state index contributed by atoms with van der Waals surface area (Å²) in [6.07, 6.45) is 0.607. The number of aryl methyl sites for hydroxylation is 2. The maximum Gasteiger partial charge on any atom is 0.251 e. The number of nitrogens with one attached hydrogen (secondary N) is 2. The van der Waals surface area contributed by atoms with E-state index in [4.69, 9.17) is 0 Å². The summed E-state index contributed by atoms with van der Waals surface area (Å²) < 4.78 is 27.2. The molecule has 0 bridgehead atoms. The number of fused-ring (bicyclic) bond motifs is 1. The number of carbonyl (C=O) groups excluding carboxylic acids is 1.